The van der Waals surface area contributed by atoms with Gasteiger partial charge in [-0.3, -0.25) is 43.4 Å². The predicted octanol–water partition coefficient (Wildman–Crippen LogP) is 13.2. The summed E-state index contributed by atoms with van der Waals surface area (Å²) in [6, 6.07) is 60.0. The molecule has 8 aliphatic heterocycles. The summed E-state index contributed by atoms with van der Waals surface area (Å²) < 4.78 is 10.6. The van der Waals surface area contributed by atoms with E-state index in [-0.39, 0.29) is 53.1 Å². The number of aromatic amines is 2. The van der Waals surface area contributed by atoms with E-state index in [4.69, 9.17) is 9.47 Å². The molecule has 28 heteroatoms. The summed E-state index contributed by atoms with van der Waals surface area (Å²) in [4.78, 5) is 116. The number of rotatable bonds is 16. The van der Waals surface area contributed by atoms with Crippen LogP contribution in [0.4, 0.5) is 62.6 Å². The van der Waals surface area contributed by atoms with Gasteiger partial charge < -0.3 is 92.6 Å². The minimum Gasteiger partial charge on any atom is -0.495 e. The number of ether oxygens (including phenoxy) is 2. The van der Waals surface area contributed by atoms with Crippen molar-refractivity contribution in [2.45, 2.75) is 70.4 Å². The molecule has 8 aliphatic rings. The van der Waals surface area contributed by atoms with Crippen molar-refractivity contribution in [3.05, 3.63) is 309 Å². The van der Waals surface area contributed by atoms with Gasteiger partial charge in [-0.1, -0.05) is 86.5 Å². The van der Waals surface area contributed by atoms with Crippen LogP contribution in [0.1, 0.15) is 99.6 Å². The van der Waals surface area contributed by atoms with Crippen LogP contribution < -0.4 is 83.4 Å². The van der Waals surface area contributed by atoms with Gasteiger partial charge in [0.1, 0.15) is 23.1 Å². The topological polar surface area (TPSA) is 345 Å². The van der Waals surface area contributed by atoms with Gasteiger partial charge in [-0.25, -0.2) is 4.79 Å². The van der Waals surface area contributed by atoms with Gasteiger partial charge in [0, 0.05) is 141 Å². The van der Waals surface area contributed by atoms with E-state index in [1.165, 1.54) is 25.1 Å². The number of hydrogen-bond acceptors (Lipinski definition) is 19. The Balaban J connectivity index is 0.000000120. The van der Waals surface area contributed by atoms with Crippen molar-refractivity contribution in [3.63, 3.8) is 0 Å². The first-order chi connectivity index (χ1) is 59.7. The smallest absolute Gasteiger partial charge is 0.323 e. The molecule has 0 atom stereocenters. The number of amides is 7. The van der Waals surface area contributed by atoms with E-state index in [2.05, 4.69) is 139 Å². The molecule has 10 heterocycles. The number of piperidine rings is 1. The minimum atomic E-state index is -0.286. The highest BCUT2D eigenvalue weighted by Crippen LogP contribution is 2.37. The molecule has 2 fully saturated rings. The normalized spacial score (nSPS) is 14.9. The fraction of sp³-hybridized carbons (Fsp3) is 0.232. The molecule has 2 aromatic heterocycles. The second kappa shape index (κ2) is 38.0. The number of allylic oxidation sites excluding steroid dienone is 1. The van der Waals surface area contributed by atoms with Crippen molar-refractivity contribution in [3.8, 4) is 11.5 Å². The van der Waals surface area contributed by atoms with Crippen LogP contribution in [0.15, 0.2) is 242 Å². The number of pyridine rings is 1. The maximum Gasteiger partial charge on any atom is 0.323 e. The van der Waals surface area contributed by atoms with Gasteiger partial charge in [0.2, 0.25) is 17.7 Å². The minimum absolute atomic E-state index is 0.0341. The van der Waals surface area contributed by atoms with Crippen molar-refractivity contribution in [2.75, 3.05) is 131 Å². The number of H-pyrrole nitrogens is 2. The Morgan fingerprint density at radius 3 is 1.84 bits per heavy atom. The molecule has 7 amide bonds. The molecule has 0 aliphatic carbocycles. The van der Waals surface area contributed by atoms with Gasteiger partial charge in [0.25, 0.3) is 23.6 Å². The number of nitrogens with zero attached hydrogens (tertiary/aromatic N) is 5. The van der Waals surface area contributed by atoms with Crippen molar-refractivity contribution >= 4 is 115 Å². The lowest BCUT2D eigenvalue weighted by Gasteiger charge is -2.36. The van der Waals surface area contributed by atoms with Gasteiger partial charge in [0.05, 0.1) is 84.7 Å². The molecule has 28 nitrogen and oxygen atoms in total. The summed E-state index contributed by atoms with van der Waals surface area (Å²) in [6.45, 7) is 19.3. The zero-order valence-corrected chi connectivity index (χ0v) is 68.8. The highest BCUT2D eigenvalue weighted by molar-refractivity contribution is 6.08. The Morgan fingerprint density at radius 1 is 0.496 bits per heavy atom. The molecule has 11 aromatic rings. The Hall–Kier alpha value is -14.9. The summed E-state index contributed by atoms with van der Waals surface area (Å²) in [7, 11) is 4.80. The number of fused-ring (bicyclic) bond motifs is 7. The molecule has 13 N–H and O–H groups in total. The number of imidazole rings is 1. The van der Waals surface area contributed by atoms with Crippen molar-refractivity contribution < 1.29 is 43.0 Å². The van der Waals surface area contributed by atoms with Crippen LogP contribution in [-0.2, 0) is 59.5 Å². The van der Waals surface area contributed by atoms with Gasteiger partial charge in [-0.2, -0.15) is 0 Å². The fourth-order valence-corrected chi connectivity index (χ4v) is 16.3. The molecule has 628 valence electrons. The van der Waals surface area contributed by atoms with E-state index >= 15 is 0 Å². The van der Waals surface area contributed by atoms with E-state index in [1.807, 2.05) is 119 Å². The maximum atomic E-state index is 13.0. The number of aromatic nitrogens is 3. The number of benzene rings is 9. The summed E-state index contributed by atoms with van der Waals surface area (Å²) in [6.07, 6.45) is 9.38. The molecule has 2 saturated heterocycles. The van der Waals surface area contributed by atoms with Crippen molar-refractivity contribution in [1.29, 1.82) is 0 Å². The first-order valence-electron chi connectivity index (χ1n) is 41.0. The third kappa shape index (κ3) is 20.2. The number of para-hydroxylation sites is 2. The summed E-state index contributed by atoms with van der Waals surface area (Å²) in [5, 5.41) is 33.4. The Labute approximate surface area is 712 Å². The van der Waals surface area contributed by atoms with Crippen LogP contribution in [0.3, 0.4) is 0 Å². The van der Waals surface area contributed by atoms with E-state index in [1.54, 1.807) is 56.6 Å². The lowest BCUT2D eigenvalue weighted by atomic mass is 9.95. The lowest BCUT2D eigenvalue weighted by molar-refractivity contribution is -0.130. The van der Waals surface area contributed by atoms with E-state index < -0.39 is 0 Å². The Kier molecular flexibility index (Phi) is 25.7. The first kappa shape index (κ1) is 83.1. The predicted molar refractivity (Wildman–Crippen MR) is 483 cm³/mol. The van der Waals surface area contributed by atoms with Crippen molar-refractivity contribution in [1.82, 2.24) is 35.4 Å². The van der Waals surface area contributed by atoms with Crippen LogP contribution in [0, 0.1) is 0 Å². The maximum absolute atomic E-state index is 13.0. The monoisotopic (exact) mass is 1650 g/mol. The van der Waals surface area contributed by atoms with Crippen molar-refractivity contribution in [2.24, 2.45) is 0 Å². The summed E-state index contributed by atoms with van der Waals surface area (Å²) >= 11 is 0. The number of methoxy groups -OCH3 is 2. The molecular formula is C95H98N18O10. The van der Waals surface area contributed by atoms with E-state index in [0.717, 1.165) is 204 Å². The van der Waals surface area contributed by atoms with Crippen LogP contribution in [0.2, 0.25) is 0 Å². The zero-order chi connectivity index (χ0) is 85.6. The second-order valence-corrected chi connectivity index (χ2v) is 30.9. The molecule has 0 spiro atoms. The molecule has 123 heavy (non-hydrogen) atoms. The molecule has 0 unspecified atom stereocenters. The highest BCUT2D eigenvalue weighted by atomic mass is 16.5. The number of hydrogen-bond donors (Lipinski definition) is 13. The molecule has 0 bridgehead atoms. The van der Waals surface area contributed by atoms with Gasteiger partial charge >= 0.3 is 5.69 Å². The molecular weight excluding hydrogens is 1550 g/mol. The molecule has 9 aromatic carbocycles. The molecule has 0 radical (unpaired) electrons. The van der Waals surface area contributed by atoms with Crippen LogP contribution in [0.25, 0.3) is 11.0 Å². The average molecular weight is 1650 g/mol. The summed E-state index contributed by atoms with van der Waals surface area (Å²) in [5.41, 5.74) is 21.9. The number of likely N-dealkylation sites (tertiary alicyclic amines) is 1. The SMILES string of the molecule is C=C1Cc2cc(C(=O)NC3CCN(Cc4ccccc4)CC3)ccc2N1.C=C1Nc2ccc(CC(=O)N3CCCc4c(C(=O)NC)cccc43)cc2N1.C=C1Nc2ccc(CC(=O)N3CCN(c4ccccc4OC)CC3)cc2N1.COc1cnccc1C(=O)Nc1ccc2c(c1)CC(=O)N2.O=C(Nc1ccc2[nH]c(=O)[nH]c2c1)c1cccc2c1CCN2. The van der Waals surface area contributed by atoms with E-state index in [9.17, 15) is 38.4 Å². The second-order valence-electron chi connectivity index (χ2n) is 30.9. The Bertz CT molecular complexity index is 5970. The average Bonchev–Trinajstić information content (AvgIpc) is 1.65. The third-order valence-electron chi connectivity index (χ3n) is 22.5. The number of carbonyl (C=O) groups is 7. The lowest BCUT2D eigenvalue weighted by Crippen LogP contribution is -2.49. The standard InChI is InChI=1S/C22H25N3O.C21H22N4O2.C21H24N4O2.C16H14N4O2.C15H13N3O3/c1-16-13-19-14-18(7-8-21(19)23-16)22(26)24-20-9-11-25(12-10-20)15-17-5-3-2-4-6-17;1-13-23-17-9-8-14(11-18(17)24-13)12-20(26)25-10-4-6-15-16(21(27)22-2)5-3-7-19(15)25;1-15-22-17-8-7-16(13-18(17)23-15)14-21(26)25-11-9-24(10-12-25)19-5-3-4-6-20(19)27-2;21-15(11-2-1-3-12-10(11)6-7-17-12)18-9-4-5-13-14(8-9)20-16(22)19-13;1-21-13-8-16-5-4-11(13)15(20)17-10-2-3-12-9(6-10)7-14(19)18-12/h2-8,14,20,23H,1,9-13,15H2,(H,24,26);3,5,7-9,11,23-24H,1,4,6,10,12H2,2H3,(H,22,27);3-8,13,22-23H,1,9-12,14H2,2H3;1-5,8,17H,6-7H2,(H,18,21)(H2,19,20,22);2-6,8H,7H2,1H3,(H,17,20)(H,18,19). The quantitative estimate of drug-likeness (QED) is 0.0427. The number of piperazine rings is 1. The number of anilines is 11. The van der Waals surface area contributed by atoms with Crippen LogP contribution in [-0.4, -0.2) is 146 Å². The number of nitrogens with one attached hydrogen (secondary N) is 13. The first-order valence-corrected chi connectivity index (χ1v) is 41.0. The molecule has 0 saturated carbocycles. The van der Waals surface area contributed by atoms with Gasteiger partial charge in [-0.05, 0) is 192 Å². The zero-order valence-electron chi connectivity index (χ0n) is 68.8. The fourth-order valence-electron chi connectivity index (χ4n) is 16.3. The van der Waals surface area contributed by atoms with E-state index in [0.29, 0.717) is 70.7 Å². The third-order valence-corrected chi connectivity index (χ3v) is 22.5. The van der Waals surface area contributed by atoms with Gasteiger partial charge in [0.15, 0.2) is 0 Å². The van der Waals surface area contributed by atoms with Gasteiger partial charge in [-0.15, -0.1) is 0 Å². The largest absolute Gasteiger partial charge is 0.495 e. The summed E-state index contributed by atoms with van der Waals surface area (Å²) in [5.74, 6) is 2.44. The Morgan fingerprint density at radius 2 is 1.11 bits per heavy atom. The van der Waals surface area contributed by atoms with Crippen LogP contribution in [0.5, 0.6) is 11.5 Å². The van der Waals surface area contributed by atoms with Crippen LogP contribution >= 0.6 is 0 Å². The molecule has 19 rings (SSSR count). The highest BCUT2D eigenvalue weighted by Gasteiger charge is 2.30. The number of carbonyl (C=O) groups excluding carboxylic acids is 7.